The van der Waals surface area contributed by atoms with Crippen molar-refractivity contribution in [3.63, 3.8) is 0 Å². The van der Waals surface area contributed by atoms with E-state index in [-0.39, 0.29) is 16.7 Å². The molecule has 0 spiro atoms. The summed E-state index contributed by atoms with van der Waals surface area (Å²) >= 11 is 0. The molecule has 0 saturated heterocycles. The maximum absolute atomic E-state index is 10.9. The molecule has 1 heterocycles. The largest absolute Gasteiger partial charge is 0.478 e. The fraction of sp³-hybridized carbons (Fsp3) is 0. The number of carboxylic acids is 2. The third-order valence-electron chi connectivity index (χ3n) is 2.59. The van der Waals surface area contributed by atoms with Crippen LogP contribution in [0.1, 0.15) is 26.3 Å². The zero-order chi connectivity index (χ0) is 14.0. The Hall–Kier alpha value is -3.07. The Bertz CT molecular complexity index is 692. The lowest BCUT2D eigenvalue weighted by atomic mass is 10.2. The number of nitriles is 1. The van der Waals surface area contributed by atoms with E-state index in [0.29, 0.717) is 5.69 Å². The Balaban J connectivity index is 2.45. The van der Waals surface area contributed by atoms with Crippen molar-refractivity contribution in [1.29, 1.82) is 5.26 Å². The molecule has 0 bridgehead atoms. The molecule has 2 N–H and O–H groups in total. The van der Waals surface area contributed by atoms with Crippen LogP contribution in [-0.2, 0) is 0 Å². The van der Waals surface area contributed by atoms with Gasteiger partial charge >= 0.3 is 11.9 Å². The molecule has 1 aromatic carbocycles. The second-order valence-corrected chi connectivity index (χ2v) is 3.76. The van der Waals surface area contributed by atoms with Crippen molar-refractivity contribution in [2.75, 3.05) is 0 Å². The second-order valence-electron chi connectivity index (χ2n) is 3.76. The van der Waals surface area contributed by atoms with Crippen molar-refractivity contribution in [3.8, 4) is 11.8 Å². The molecule has 0 radical (unpaired) electrons. The molecular formula is C13H8N2O4. The first kappa shape index (κ1) is 12.4. The van der Waals surface area contributed by atoms with Gasteiger partial charge in [-0.05, 0) is 24.3 Å². The van der Waals surface area contributed by atoms with E-state index in [2.05, 4.69) is 0 Å². The monoisotopic (exact) mass is 256 g/mol. The number of aromatic nitrogens is 1. The minimum Gasteiger partial charge on any atom is -0.478 e. The van der Waals surface area contributed by atoms with Crippen molar-refractivity contribution in [2.24, 2.45) is 0 Å². The molecule has 0 fully saturated rings. The van der Waals surface area contributed by atoms with Gasteiger partial charge in [0.1, 0.15) is 6.07 Å². The minimum atomic E-state index is -1.18. The predicted octanol–water partition coefficient (Wildman–Crippen LogP) is 1.75. The molecule has 94 valence electrons. The fourth-order valence-corrected chi connectivity index (χ4v) is 1.64. The highest BCUT2D eigenvalue weighted by molar-refractivity contribution is 5.90. The quantitative estimate of drug-likeness (QED) is 0.870. The van der Waals surface area contributed by atoms with Gasteiger partial charge in [-0.1, -0.05) is 0 Å². The summed E-state index contributed by atoms with van der Waals surface area (Å²) in [6.07, 6.45) is 2.70. The molecule has 6 heteroatoms. The average molecular weight is 256 g/mol. The zero-order valence-corrected chi connectivity index (χ0v) is 9.57. The van der Waals surface area contributed by atoms with Gasteiger partial charge in [0.05, 0.1) is 16.7 Å². The predicted molar refractivity (Wildman–Crippen MR) is 64.4 cm³/mol. The third-order valence-corrected chi connectivity index (χ3v) is 2.59. The van der Waals surface area contributed by atoms with Gasteiger partial charge in [-0.25, -0.2) is 9.59 Å². The average Bonchev–Trinajstić information content (AvgIpc) is 2.83. The van der Waals surface area contributed by atoms with Crippen LogP contribution < -0.4 is 0 Å². The minimum absolute atomic E-state index is 0.0508. The summed E-state index contributed by atoms with van der Waals surface area (Å²) in [5, 5.41) is 26.5. The molecule has 0 atom stereocenters. The number of hydrogen-bond donors (Lipinski definition) is 2. The van der Waals surface area contributed by atoms with Gasteiger partial charge in [0, 0.05) is 18.1 Å². The summed E-state index contributed by atoms with van der Waals surface area (Å²) in [7, 11) is 0. The maximum Gasteiger partial charge on any atom is 0.338 e. The molecule has 2 rings (SSSR count). The molecule has 2 aromatic rings. The standard InChI is InChI=1S/C13H8N2O4/c14-5-9-6-15(7-11(9)13(18)19)10-3-1-8(2-4-10)12(16)17/h1-4,6-7H,(H,16,17)(H,18,19). The molecule has 0 amide bonds. The molecule has 1 aromatic heterocycles. The Morgan fingerprint density at radius 2 is 1.68 bits per heavy atom. The molecule has 0 saturated carbocycles. The smallest absolute Gasteiger partial charge is 0.338 e. The van der Waals surface area contributed by atoms with Gasteiger partial charge in [-0.15, -0.1) is 0 Å². The summed E-state index contributed by atoms with van der Waals surface area (Å²) < 4.78 is 1.47. The van der Waals surface area contributed by atoms with Gasteiger partial charge in [-0.2, -0.15) is 5.26 Å². The van der Waals surface area contributed by atoms with E-state index >= 15 is 0 Å². The van der Waals surface area contributed by atoms with E-state index in [1.165, 1.54) is 41.2 Å². The zero-order valence-electron chi connectivity index (χ0n) is 9.57. The summed E-state index contributed by atoms with van der Waals surface area (Å²) in [5.74, 6) is -2.22. The first-order chi connectivity index (χ1) is 9.02. The number of hydrogen-bond acceptors (Lipinski definition) is 3. The third kappa shape index (κ3) is 2.30. The van der Waals surface area contributed by atoms with Crippen LogP contribution in [0.4, 0.5) is 0 Å². The number of carboxylic acid groups (broad SMARTS) is 2. The first-order valence-electron chi connectivity index (χ1n) is 5.22. The van der Waals surface area contributed by atoms with Crippen molar-refractivity contribution in [1.82, 2.24) is 4.57 Å². The van der Waals surface area contributed by atoms with E-state index in [9.17, 15) is 9.59 Å². The SMILES string of the molecule is N#Cc1cn(-c2ccc(C(=O)O)cc2)cc1C(=O)O. The highest BCUT2D eigenvalue weighted by atomic mass is 16.4. The topological polar surface area (TPSA) is 103 Å². The first-order valence-corrected chi connectivity index (χ1v) is 5.22. The molecule has 0 aliphatic carbocycles. The van der Waals surface area contributed by atoms with Gasteiger partial charge in [0.25, 0.3) is 0 Å². The van der Waals surface area contributed by atoms with Crippen molar-refractivity contribution in [2.45, 2.75) is 0 Å². The number of benzene rings is 1. The number of nitrogens with zero attached hydrogens (tertiary/aromatic N) is 2. The summed E-state index contributed by atoms with van der Waals surface area (Å²) in [6.45, 7) is 0. The van der Waals surface area contributed by atoms with Crippen molar-refractivity contribution in [3.05, 3.63) is 53.3 Å². The molecule has 0 aliphatic heterocycles. The fourth-order valence-electron chi connectivity index (χ4n) is 1.64. The number of aromatic carboxylic acids is 2. The molecule has 19 heavy (non-hydrogen) atoms. The lowest BCUT2D eigenvalue weighted by molar-refractivity contribution is 0.0686. The Morgan fingerprint density at radius 1 is 1.05 bits per heavy atom. The summed E-state index contributed by atoms with van der Waals surface area (Å²) in [4.78, 5) is 21.6. The van der Waals surface area contributed by atoms with E-state index in [1.54, 1.807) is 6.07 Å². The highest BCUT2D eigenvalue weighted by Gasteiger charge is 2.14. The van der Waals surface area contributed by atoms with Crippen molar-refractivity contribution < 1.29 is 19.8 Å². The van der Waals surface area contributed by atoms with Crippen LogP contribution >= 0.6 is 0 Å². The van der Waals surface area contributed by atoms with Gasteiger partial charge < -0.3 is 14.8 Å². The number of rotatable bonds is 3. The second kappa shape index (κ2) is 4.66. The van der Waals surface area contributed by atoms with E-state index in [1.807, 2.05) is 0 Å². The molecule has 0 unspecified atom stereocenters. The Labute approximate surface area is 107 Å². The van der Waals surface area contributed by atoms with Crippen molar-refractivity contribution >= 4 is 11.9 Å². The number of carbonyl (C=O) groups is 2. The maximum atomic E-state index is 10.9. The Kier molecular flexibility index (Phi) is 3.04. The van der Waals surface area contributed by atoms with Crippen LogP contribution in [0.5, 0.6) is 0 Å². The Morgan fingerprint density at radius 3 is 2.11 bits per heavy atom. The lowest BCUT2D eigenvalue weighted by Crippen LogP contribution is -1.98. The van der Waals surface area contributed by atoms with Crippen LogP contribution in [0.15, 0.2) is 36.7 Å². The molecular weight excluding hydrogens is 248 g/mol. The van der Waals surface area contributed by atoms with Crippen LogP contribution in [0, 0.1) is 11.3 Å². The lowest BCUT2D eigenvalue weighted by Gasteiger charge is -2.02. The summed E-state index contributed by atoms with van der Waals surface area (Å²) in [5.41, 5.74) is 0.670. The van der Waals surface area contributed by atoms with Crippen LogP contribution in [0.3, 0.4) is 0 Å². The van der Waals surface area contributed by atoms with Gasteiger partial charge in [0.2, 0.25) is 0 Å². The van der Waals surface area contributed by atoms with Crippen LogP contribution in [0.25, 0.3) is 5.69 Å². The van der Waals surface area contributed by atoms with Crippen LogP contribution in [-0.4, -0.2) is 26.7 Å². The van der Waals surface area contributed by atoms with E-state index in [0.717, 1.165) is 0 Å². The van der Waals surface area contributed by atoms with Gasteiger partial charge in [-0.3, -0.25) is 0 Å². The summed E-state index contributed by atoms with van der Waals surface area (Å²) in [6, 6.07) is 7.69. The normalized spacial score (nSPS) is 9.84. The van der Waals surface area contributed by atoms with E-state index < -0.39 is 11.9 Å². The van der Waals surface area contributed by atoms with Gasteiger partial charge in [0.15, 0.2) is 0 Å². The highest BCUT2D eigenvalue weighted by Crippen LogP contribution is 2.16. The molecule has 0 aliphatic rings. The van der Waals surface area contributed by atoms with E-state index in [4.69, 9.17) is 15.5 Å². The van der Waals surface area contributed by atoms with Crippen LogP contribution in [0.2, 0.25) is 0 Å². The molecule has 6 nitrogen and oxygen atoms in total.